The fourth-order valence-corrected chi connectivity index (χ4v) is 2.63. The van der Waals surface area contributed by atoms with E-state index in [0.29, 0.717) is 16.9 Å². The molecule has 6 nitrogen and oxygen atoms in total. The van der Waals surface area contributed by atoms with E-state index in [1.54, 1.807) is 18.2 Å². The van der Waals surface area contributed by atoms with Crippen molar-refractivity contribution < 1.29 is 27.9 Å². The largest absolute Gasteiger partial charge is 0.496 e. The molecule has 0 amide bonds. The molecule has 0 aliphatic carbocycles. The van der Waals surface area contributed by atoms with Crippen molar-refractivity contribution in [2.75, 3.05) is 28.4 Å². The highest BCUT2D eigenvalue weighted by molar-refractivity contribution is 7.52. The summed E-state index contributed by atoms with van der Waals surface area (Å²) in [5.74, 6) is 0.0237. The van der Waals surface area contributed by atoms with Gasteiger partial charge in [-0.2, -0.15) is 0 Å². The molecule has 106 valence electrons. The first-order chi connectivity index (χ1) is 8.99. The molecule has 0 atom stereocenters. The summed E-state index contributed by atoms with van der Waals surface area (Å²) in [4.78, 5) is 11.5. The van der Waals surface area contributed by atoms with Gasteiger partial charge < -0.3 is 18.5 Å². The topological polar surface area (TPSA) is 71.1 Å². The highest BCUT2D eigenvalue weighted by Crippen LogP contribution is 2.51. The molecule has 0 fully saturated rings. The van der Waals surface area contributed by atoms with E-state index < -0.39 is 13.6 Å². The molecule has 0 aromatic heterocycles. The van der Waals surface area contributed by atoms with Gasteiger partial charge in [0.05, 0.1) is 25.9 Å². The lowest BCUT2D eigenvalue weighted by Gasteiger charge is -2.16. The first-order valence-electron chi connectivity index (χ1n) is 5.45. The number of methoxy groups -OCH3 is 2. The van der Waals surface area contributed by atoms with Gasteiger partial charge in [-0.1, -0.05) is 0 Å². The summed E-state index contributed by atoms with van der Waals surface area (Å²) in [7, 11) is 2.16. The van der Waals surface area contributed by atoms with Crippen LogP contribution in [-0.2, 0) is 24.5 Å². The van der Waals surface area contributed by atoms with Crippen molar-refractivity contribution in [2.24, 2.45) is 0 Å². The van der Waals surface area contributed by atoms with Gasteiger partial charge in [0.2, 0.25) is 0 Å². The number of carbonyl (C=O) groups is 1. The fraction of sp³-hybridized carbons (Fsp3) is 0.417. The molecule has 7 heteroatoms. The molecule has 0 saturated heterocycles. The van der Waals surface area contributed by atoms with E-state index in [0.717, 1.165) is 0 Å². The smallest absolute Gasteiger partial charge is 0.337 e. The summed E-state index contributed by atoms with van der Waals surface area (Å²) < 4.78 is 31.7. The highest BCUT2D eigenvalue weighted by atomic mass is 31.2. The second-order valence-electron chi connectivity index (χ2n) is 3.65. The summed E-state index contributed by atoms with van der Waals surface area (Å²) >= 11 is 0. The molecule has 0 aliphatic heterocycles. The molecule has 19 heavy (non-hydrogen) atoms. The number of esters is 1. The van der Waals surface area contributed by atoms with Crippen LogP contribution < -0.4 is 4.74 Å². The van der Waals surface area contributed by atoms with Crippen LogP contribution >= 0.6 is 7.60 Å². The first-order valence-corrected chi connectivity index (χ1v) is 7.18. The first kappa shape index (κ1) is 15.7. The predicted molar refractivity (Wildman–Crippen MR) is 69.7 cm³/mol. The zero-order valence-electron chi connectivity index (χ0n) is 11.3. The van der Waals surface area contributed by atoms with Gasteiger partial charge >= 0.3 is 13.6 Å². The average molecular weight is 288 g/mol. The van der Waals surface area contributed by atoms with Crippen LogP contribution in [0.2, 0.25) is 0 Å². The second-order valence-corrected chi connectivity index (χ2v) is 5.92. The minimum atomic E-state index is -3.23. The molecule has 1 aromatic carbocycles. The summed E-state index contributed by atoms with van der Waals surface area (Å²) in [5, 5.41) is 0. The molecule has 0 saturated carbocycles. The Kier molecular flexibility index (Phi) is 5.54. The van der Waals surface area contributed by atoms with Gasteiger partial charge in [0, 0.05) is 19.8 Å². The molecule has 0 heterocycles. The molecule has 0 unspecified atom stereocenters. The van der Waals surface area contributed by atoms with Gasteiger partial charge in [0.1, 0.15) is 5.75 Å². The maximum Gasteiger partial charge on any atom is 0.337 e. The Labute approximate surface area is 112 Å². The number of benzene rings is 1. The van der Waals surface area contributed by atoms with Crippen LogP contribution in [0.15, 0.2) is 18.2 Å². The number of hydrogen-bond donors (Lipinski definition) is 0. The summed E-state index contributed by atoms with van der Waals surface area (Å²) in [6.07, 6.45) is 0.00794. The average Bonchev–Trinajstić information content (AvgIpc) is 2.46. The quantitative estimate of drug-likeness (QED) is 0.591. The monoisotopic (exact) mass is 288 g/mol. The summed E-state index contributed by atoms with van der Waals surface area (Å²) in [5.41, 5.74) is 0.898. The number of rotatable bonds is 6. The van der Waals surface area contributed by atoms with Crippen LogP contribution in [0.5, 0.6) is 5.75 Å². The lowest BCUT2D eigenvalue weighted by Crippen LogP contribution is -2.04. The van der Waals surface area contributed by atoms with Gasteiger partial charge in [0.15, 0.2) is 0 Å². The van der Waals surface area contributed by atoms with E-state index >= 15 is 0 Å². The molecule has 1 aromatic rings. The van der Waals surface area contributed by atoms with Crippen molar-refractivity contribution >= 4 is 13.6 Å². The maximum absolute atomic E-state index is 12.1. The molecule has 0 bridgehead atoms. The summed E-state index contributed by atoms with van der Waals surface area (Å²) in [6.45, 7) is 0. The van der Waals surface area contributed by atoms with Gasteiger partial charge in [-0.3, -0.25) is 4.57 Å². The molecule has 0 radical (unpaired) electrons. The van der Waals surface area contributed by atoms with E-state index in [4.69, 9.17) is 13.8 Å². The number of hydrogen-bond acceptors (Lipinski definition) is 6. The van der Waals surface area contributed by atoms with Gasteiger partial charge in [-0.15, -0.1) is 0 Å². The zero-order valence-corrected chi connectivity index (χ0v) is 12.2. The third-order valence-electron chi connectivity index (χ3n) is 2.62. The molecule has 1 rings (SSSR count). The predicted octanol–water partition coefficient (Wildman–Crippen LogP) is 2.47. The third kappa shape index (κ3) is 3.80. The molecule has 0 N–H and O–H groups in total. The SMILES string of the molecule is COC(=O)c1ccc(OC)c(CP(=O)(OC)OC)c1. The van der Waals surface area contributed by atoms with Crippen LogP contribution in [0.3, 0.4) is 0 Å². The normalized spacial score (nSPS) is 11.2. The Morgan fingerprint density at radius 2 is 1.79 bits per heavy atom. The van der Waals surface area contributed by atoms with E-state index in [-0.39, 0.29) is 6.16 Å². The lowest BCUT2D eigenvalue weighted by atomic mass is 10.1. The van der Waals surface area contributed by atoms with Crippen molar-refractivity contribution in [1.29, 1.82) is 0 Å². The van der Waals surface area contributed by atoms with Crippen LogP contribution in [0.1, 0.15) is 15.9 Å². The highest BCUT2D eigenvalue weighted by Gasteiger charge is 2.24. The Morgan fingerprint density at radius 1 is 1.16 bits per heavy atom. The summed E-state index contributed by atoms with van der Waals surface area (Å²) in [6, 6.07) is 4.73. The number of carbonyl (C=O) groups excluding carboxylic acids is 1. The van der Waals surface area contributed by atoms with Crippen molar-refractivity contribution in [3.63, 3.8) is 0 Å². The van der Waals surface area contributed by atoms with E-state index in [1.165, 1.54) is 28.4 Å². The Hall–Kier alpha value is -1.36. The molecular weight excluding hydrogens is 271 g/mol. The van der Waals surface area contributed by atoms with Gasteiger partial charge in [-0.25, -0.2) is 4.79 Å². The minimum absolute atomic E-state index is 0.00794. The fourth-order valence-electron chi connectivity index (χ4n) is 1.56. The van der Waals surface area contributed by atoms with E-state index in [1.807, 2.05) is 0 Å². The van der Waals surface area contributed by atoms with Crippen LogP contribution in [0.4, 0.5) is 0 Å². The lowest BCUT2D eigenvalue weighted by molar-refractivity contribution is 0.0600. The Morgan fingerprint density at radius 3 is 2.26 bits per heavy atom. The van der Waals surface area contributed by atoms with Crippen LogP contribution in [-0.4, -0.2) is 34.4 Å². The van der Waals surface area contributed by atoms with Crippen molar-refractivity contribution in [2.45, 2.75) is 6.16 Å². The van der Waals surface area contributed by atoms with Crippen LogP contribution in [0, 0.1) is 0 Å². The third-order valence-corrected chi connectivity index (χ3v) is 4.46. The molecule has 0 spiro atoms. The standard InChI is InChI=1S/C12H17O6P/c1-15-11-6-5-9(12(13)16-2)7-10(11)8-19(14,17-3)18-4/h5-7H,8H2,1-4H3. The van der Waals surface area contributed by atoms with Gasteiger partial charge in [-0.05, 0) is 18.2 Å². The van der Waals surface area contributed by atoms with Gasteiger partial charge in [0.25, 0.3) is 0 Å². The van der Waals surface area contributed by atoms with Crippen molar-refractivity contribution in [1.82, 2.24) is 0 Å². The second kappa shape index (κ2) is 6.70. The maximum atomic E-state index is 12.1. The van der Waals surface area contributed by atoms with Crippen molar-refractivity contribution in [3.05, 3.63) is 29.3 Å². The molecule has 0 aliphatic rings. The van der Waals surface area contributed by atoms with E-state index in [9.17, 15) is 9.36 Å². The minimum Gasteiger partial charge on any atom is -0.496 e. The Bertz CT molecular complexity index is 491. The van der Waals surface area contributed by atoms with Crippen LogP contribution in [0.25, 0.3) is 0 Å². The molecular formula is C12H17O6P. The Balaban J connectivity index is 3.16. The number of ether oxygens (including phenoxy) is 2. The van der Waals surface area contributed by atoms with E-state index in [2.05, 4.69) is 4.74 Å². The zero-order chi connectivity index (χ0) is 14.5. The van der Waals surface area contributed by atoms with Crippen molar-refractivity contribution in [3.8, 4) is 5.75 Å².